The minimum atomic E-state index is -4.36. The van der Waals surface area contributed by atoms with E-state index < -0.39 is 11.9 Å². The highest BCUT2D eigenvalue weighted by molar-refractivity contribution is 7.15. The molecule has 0 bridgehead atoms. The zero-order valence-corrected chi connectivity index (χ0v) is 12.0. The molecule has 0 radical (unpaired) electrons. The topological polar surface area (TPSA) is 28.2 Å². The molecule has 112 valence electrons. The maximum Gasteiger partial charge on any atom is 0.434 e. The van der Waals surface area contributed by atoms with Crippen LogP contribution in [0.1, 0.15) is 42.7 Å². The number of thiazole rings is 1. The van der Waals surface area contributed by atoms with Gasteiger partial charge in [0, 0.05) is 25.7 Å². The number of nitrogens with one attached hydrogen (secondary N) is 1. The Labute approximate surface area is 120 Å². The number of rotatable bonds is 4. The van der Waals surface area contributed by atoms with E-state index in [1.54, 1.807) is 0 Å². The van der Waals surface area contributed by atoms with Gasteiger partial charge < -0.3 is 10.2 Å². The molecule has 3 rings (SSSR count). The smallest absolute Gasteiger partial charge is 0.348 e. The molecule has 0 atom stereocenters. The Kier molecular flexibility index (Phi) is 3.90. The normalized spacial score (nSPS) is 20.4. The molecule has 20 heavy (non-hydrogen) atoms. The Morgan fingerprint density at radius 1 is 1.20 bits per heavy atom. The summed E-state index contributed by atoms with van der Waals surface area (Å²) in [5.41, 5.74) is -0.698. The summed E-state index contributed by atoms with van der Waals surface area (Å²) >= 11 is 1.19. The van der Waals surface area contributed by atoms with Crippen molar-refractivity contribution < 1.29 is 13.2 Å². The Morgan fingerprint density at radius 2 is 1.90 bits per heavy atom. The second-order valence-corrected chi connectivity index (χ2v) is 6.53. The highest BCUT2D eigenvalue weighted by Gasteiger charge is 2.38. The maximum atomic E-state index is 13.1. The van der Waals surface area contributed by atoms with Gasteiger partial charge in [0.2, 0.25) is 0 Å². The van der Waals surface area contributed by atoms with Crippen molar-refractivity contribution in [1.82, 2.24) is 10.3 Å². The fourth-order valence-electron chi connectivity index (χ4n) is 2.43. The summed E-state index contributed by atoms with van der Waals surface area (Å²) in [6, 6.07) is 0.400. The summed E-state index contributed by atoms with van der Waals surface area (Å²) in [6.07, 6.45) is 1.01. The van der Waals surface area contributed by atoms with E-state index in [0.29, 0.717) is 16.1 Å². The van der Waals surface area contributed by atoms with Gasteiger partial charge in [-0.2, -0.15) is 13.2 Å². The quantitative estimate of drug-likeness (QED) is 0.924. The summed E-state index contributed by atoms with van der Waals surface area (Å²) in [7, 11) is 0. The first-order valence-corrected chi connectivity index (χ1v) is 7.91. The molecule has 0 spiro atoms. The molecule has 1 aliphatic heterocycles. The van der Waals surface area contributed by atoms with Crippen LogP contribution in [0.5, 0.6) is 0 Å². The number of alkyl halides is 3. The van der Waals surface area contributed by atoms with Crippen LogP contribution in [0.2, 0.25) is 0 Å². The summed E-state index contributed by atoms with van der Waals surface area (Å²) in [5.74, 6) is 0. The zero-order valence-electron chi connectivity index (χ0n) is 11.2. The molecular weight excluding hydrogens is 287 g/mol. The first kappa shape index (κ1) is 14.1. The molecule has 1 aliphatic carbocycles. The molecule has 0 aromatic carbocycles. The number of aromatic nitrogens is 1. The molecular formula is C13H18F3N3S. The van der Waals surface area contributed by atoms with Crippen molar-refractivity contribution >= 4 is 16.5 Å². The van der Waals surface area contributed by atoms with Gasteiger partial charge in [0.15, 0.2) is 10.8 Å². The number of hydrogen-bond donors (Lipinski definition) is 1. The lowest BCUT2D eigenvalue weighted by Gasteiger charge is -2.25. The van der Waals surface area contributed by atoms with E-state index in [1.807, 2.05) is 4.90 Å². The molecule has 2 heterocycles. The first-order valence-electron chi connectivity index (χ1n) is 7.09. The lowest BCUT2D eigenvalue weighted by molar-refractivity contribution is -0.141. The van der Waals surface area contributed by atoms with Gasteiger partial charge in [-0.15, -0.1) is 0 Å². The number of anilines is 1. The third-order valence-corrected chi connectivity index (χ3v) is 4.83. The Bertz CT molecular complexity index is 462. The standard InChI is InChI=1S/C13H18F3N3S/c14-13(15,16)11-10(8-17-9-4-5-9)20-12(18-11)19-6-2-1-3-7-19/h9,17H,1-8H2. The number of hydrogen-bond acceptors (Lipinski definition) is 4. The predicted octanol–water partition coefficient (Wildman–Crippen LogP) is 3.40. The molecule has 2 fully saturated rings. The second kappa shape index (κ2) is 5.52. The highest BCUT2D eigenvalue weighted by Crippen LogP contribution is 2.38. The van der Waals surface area contributed by atoms with Gasteiger partial charge in [0.25, 0.3) is 0 Å². The van der Waals surface area contributed by atoms with Crippen molar-refractivity contribution in [2.24, 2.45) is 0 Å². The number of piperidine rings is 1. The maximum absolute atomic E-state index is 13.1. The Hall–Kier alpha value is -0.820. The van der Waals surface area contributed by atoms with Gasteiger partial charge >= 0.3 is 6.18 Å². The van der Waals surface area contributed by atoms with E-state index >= 15 is 0 Å². The van der Waals surface area contributed by atoms with E-state index in [1.165, 1.54) is 11.3 Å². The molecule has 7 heteroatoms. The first-order chi connectivity index (χ1) is 9.54. The second-order valence-electron chi connectivity index (χ2n) is 5.47. The minimum absolute atomic E-state index is 0.283. The van der Waals surface area contributed by atoms with Crippen LogP contribution in [0.4, 0.5) is 18.3 Å². The van der Waals surface area contributed by atoms with Gasteiger partial charge in [-0.05, 0) is 32.1 Å². The van der Waals surface area contributed by atoms with Crippen molar-refractivity contribution in [2.45, 2.75) is 50.9 Å². The van der Waals surface area contributed by atoms with Crippen LogP contribution in [0.3, 0.4) is 0 Å². The molecule has 1 saturated heterocycles. The van der Waals surface area contributed by atoms with E-state index in [4.69, 9.17) is 0 Å². The monoisotopic (exact) mass is 305 g/mol. The Balaban J connectivity index is 1.79. The van der Waals surface area contributed by atoms with Gasteiger partial charge in [-0.25, -0.2) is 4.98 Å². The largest absolute Gasteiger partial charge is 0.434 e. The molecule has 1 N–H and O–H groups in total. The van der Waals surface area contributed by atoms with Crippen molar-refractivity contribution in [1.29, 1.82) is 0 Å². The van der Waals surface area contributed by atoms with Crippen LogP contribution in [-0.2, 0) is 12.7 Å². The molecule has 3 nitrogen and oxygen atoms in total. The lowest BCUT2D eigenvalue weighted by Crippen LogP contribution is -2.29. The number of halogens is 3. The van der Waals surface area contributed by atoms with Gasteiger partial charge in [-0.3, -0.25) is 0 Å². The SMILES string of the molecule is FC(F)(F)c1nc(N2CCCCC2)sc1CNC1CC1. The van der Waals surface area contributed by atoms with E-state index in [9.17, 15) is 13.2 Å². The van der Waals surface area contributed by atoms with E-state index in [-0.39, 0.29) is 6.54 Å². The van der Waals surface area contributed by atoms with Crippen LogP contribution in [0, 0.1) is 0 Å². The lowest BCUT2D eigenvalue weighted by atomic mass is 10.1. The van der Waals surface area contributed by atoms with Crippen LogP contribution in [0.15, 0.2) is 0 Å². The van der Waals surface area contributed by atoms with Gasteiger partial charge in [0.05, 0.1) is 4.88 Å². The van der Waals surface area contributed by atoms with Gasteiger partial charge in [-0.1, -0.05) is 11.3 Å². The molecule has 0 unspecified atom stereocenters. The summed E-state index contributed by atoms with van der Waals surface area (Å²) in [5, 5.41) is 3.69. The fraction of sp³-hybridized carbons (Fsp3) is 0.769. The molecule has 1 aromatic heterocycles. The third-order valence-electron chi connectivity index (χ3n) is 3.71. The van der Waals surface area contributed by atoms with Gasteiger partial charge in [0.1, 0.15) is 0 Å². The van der Waals surface area contributed by atoms with Crippen LogP contribution >= 0.6 is 11.3 Å². The minimum Gasteiger partial charge on any atom is -0.348 e. The molecule has 2 aliphatic rings. The predicted molar refractivity (Wildman–Crippen MR) is 73.0 cm³/mol. The highest BCUT2D eigenvalue weighted by atomic mass is 32.1. The third kappa shape index (κ3) is 3.25. The summed E-state index contributed by atoms with van der Waals surface area (Å²) in [4.78, 5) is 6.20. The van der Waals surface area contributed by atoms with Crippen molar-refractivity contribution in [2.75, 3.05) is 18.0 Å². The zero-order chi connectivity index (χ0) is 14.2. The molecule has 1 saturated carbocycles. The van der Waals surface area contributed by atoms with Crippen LogP contribution < -0.4 is 10.2 Å². The summed E-state index contributed by atoms with van der Waals surface area (Å²) in [6.45, 7) is 1.92. The molecule has 0 amide bonds. The Morgan fingerprint density at radius 3 is 2.50 bits per heavy atom. The number of nitrogens with zero attached hydrogens (tertiary/aromatic N) is 2. The van der Waals surface area contributed by atoms with Crippen molar-refractivity contribution in [3.8, 4) is 0 Å². The molecule has 1 aromatic rings. The van der Waals surface area contributed by atoms with E-state index in [0.717, 1.165) is 45.2 Å². The van der Waals surface area contributed by atoms with E-state index in [2.05, 4.69) is 10.3 Å². The van der Waals surface area contributed by atoms with Crippen molar-refractivity contribution in [3.63, 3.8) is 0 Å². The average molecular weight is 305 g/mol. The van der Waals surface area contributed by atoms with Crippen LogP contribution in [0.25, 0.3) is 0 Å². The van der Waals surface area contributed by atoms with Crippen molar-refractivity contribution in [3.05, 3.63) is 10.6 Å². The summed E-state index contributed by atoms with van der Waals surface area (Å²) < 4.78 is 39.2. The van der Waals surface area contributed by atoms with Crippen LogP contribution in [-0.4, -0.2) is 24.1 Å². The average Bonchev–Trinajstić information content (AvgIpc) is 3.14. The fourth-order valence-corrected chi connectivity index (χ4v) is 3.51.